The molecule has 112 valence electrons. The molecule has 0 saturated heterocycles. The molecule has 3 atom stereocenters. The number of halogens is 2. The van der Waals surface area contributed by atoms with E-state index in [1.807, 2.05) is 6.92 Å². The lowest BCUT2D eigenvalue weighted by molar-refractivity contribution is 0.125. The van der Waals surface area contributed by atoms with Crippen molar-refractivity contribution in [1.29, 1.82) is 0 Å². The summed E-state index contributed by atoms with van der Waals surface area (Å²) >= 11 is 0. The van der Waals surface area contributed by atoms with Crippen molar-refractivity contribution in [2.45, 2.75) is 57.7 Å². The summed E-state index contributed by atoms with van der Waals surface area (Å²) in [7, 11) is 0. The Bertz CT molecular complexity index is 448. The van der Waals surface area contributed by atoms with Gasteiger partial charge < -0.3 is 10.4 Å². The largest absolute Gasteiger partial charge is 0.387 e. The first kappa shape index (κ1) is 15.4. The molecule has 0 heterocycles. The van der Waals surface area contributed by atoms with Crippen LogP contribution in [0.3, 0.4) is 0 Å². The zero-order valence-electron chi connectivity index (χ0n) is 12.1. The summed E-state index contributed by atoms with van der Waals surface area (Å²) in [6.45, 7) is 4.03. The van der Waals surface area contributed by atoms with E-state index in [1.165, 1.54) is 18.9 Å². The molecule has 1 aliphatic rings. The molecule has 0 aromatic heterocycles. The Balaban J connectivity index is 1.99. The fourth-order valence-corrected chi connectivity index (χ4v) is 2.68. The number of benzene rings is 1. The minimum atomic E-state index is -0.916. The van der Waals surface area contributed by atoms with Crippen molar-refractivity contribution in [3.63, 3.8) is 0 Å². The van der Waals surface area contributed by atoms with Crippen LogP contribution in [0.1, 0.15) is 51.2 Å². The predicted molar refractivity (Wildman–Crippen MR) is 75.3 cm³/mol. The summed E-state index contributed by atoms with van der Waals surface area (Å²) in [6, 6.07) is 3.80. The summed E-state index contributed by atoms with van der Waals surface area (Å²) in [5.41, 5.74) is 0.412. The van der Waals surface area contributed by atoms with Crippen LogP contribution in [0.15, 0.2) is 18.2 Å². The number of nitrogens with one attached hydrogen (secondary N) is 1. The Morgan fingerprint density at radius 1 is 1.30 bits per heavy atom. The fourth-order valence-electron chi connectivity index (χ4n) is 2.68. The van der Waals surface area contributed by atoms with Crippen LogP contribution in [-0.2, 0) is 0 Å². The Labute approximate surface area is 119 Å². The third-order valence-corrected chi connectivity index (χ3v) is 4.03. The predicted octanol–water partition coefficient (Wildman–Crippen LogP) is 3.56. The fraction of sp³-hybridized carbons (Fsp3) is 0.625. The van der Waals surface area contributed by atoms with Crippen LogP contribution >= 0.6 is 0 Å². The Kier molecular flexibility index (Phi) is 5.11. The number of hydrogen-bond donors (Lipinski definition) is 2. The van der Waals surface area contributed by atoms with Gasteiger partial charge in [0.1, 0.15) is 0 Å². The van der Waals surface area contributed by atoms with Crippen LogP contribution in [0, 0.1) is 17.6 Å². The van der Waals surface area contributed by atoms with Crippen molar-refractivity contribution >= 4 is 0 Å². The average molecular weight is 283 g/mol. The van der Waals surface area contributed by atoms with Gasteiger partial charge in [0.25, 0.3) is 0 Å². The van der Waals surface area contributed by atoms with Crippen molar-refractivity contribution in [2.75, 3.05) is 0 Å². The maximum atomic E-state index is 13.2. The monoisotopic (exact) mass is 283 g/mol. The second-order valence-corrected chi connectivity index (χ2v) is 5.81. The highest BCUT2D eigenvalue weighted by Crippen LogP contribution is 2.35. The van der Waals surface area contributed by atoms with Gasteiger partial charge in [0, 0.05) is 12.1 Å². The summed E-state index contributed by atoms with van der Waals surface area (Å²) in [6.07, 6.45) is 3.84. The lowest BCUT2D eigenvalue weighted by Crippen LogP contribution is -2.41. The quantitative estimate of drug-likeness (QED) is 0.802. The van der Waals surface area contributed by atoms with Crippen LogP contribution in [0.4, 0.5) is 8.78 Å². The van der Waals surface area contributed by atoms with Gasteiger partial charge >= 0.3 is 0 Å². The second-order valence-electron chi connectivity index (χ2n) is 5.81. The lowest BCUT2D eigenvalue weighted by atomic mass is 10.00. The molecule has 0 spiro atoms. The lowest BCUT2D eigenvalue weighted by Gasteiger charge is -2.27. The van der Waals surface area contributed by atoms with Gasteiger partial charge in [0.2, 0.25) is 0 Å². The van der Waals surface area contributed by atoms with E-state index in [1.54, 1.807) is 0 Å². The van der Waals surface area contributed by atoms with Gasteiger partial charge in [-0.05, 0) is 49.8 Å². The molecule has 0 radical (unpaired) electrons. The van der Waals surface area contributed by atoms with Gasteiger partial charge in [0.05, 0.1) is 6.10 Å². The summed E-state index contributed by atoms with van der Waals surface area (Å²) < 4.78 is 26.1. The Hall–Kier alpha value is -1.00. The molecule has 2 N–H and O–H groups in total. The molecule has 1 fully saturated rings. The van der Waals surface area contributed by atoms with Gasteiger partial charge in [-0.3, -0.25) is 0 Å². The molecule has 1 aromatic rings. The molecule has 1 saturated carbocycles. The number of aliphatic hydroxyl groups excluding tert-OH is 1. The standard InChI is InChI=1S/C16H23F2NO/c1-3-4-15(11-5-6-11)19-10(2)16(20)12-7-8-13(17)14(18)9-12/h7-11,15-16,19-20H,3-6H2,1-2H3. The number of hydrogen-bond acceptors (Lipinski definition) is 2. The second kappa shape index (κ2) is 6.64. The highest BCUT2D eigenvalue weighted by Gasteiger charge is 2.32. The molecule has 4 heteroatoms. The van der Waals surface area contributed by atoms with Crippen molar-refractivity contribution in [3.05, 3.63) is 35.4 Å². The maximum absolute atomic E-state index is 13.2. The van der Waals surface area contributed by atoms with Crippen LogP contribution in [0.2, 0.25) is 0 Å². The van der Waals surface area contributed by atoms with E-state index in [-0.39, 0.29) is 6.04 Å². The first-order chi connectivity index (χ1) is 9.52. The van der Waals surface area contributed by atoms with Crippen LogP contribution < -0.4 is 5.32 Å². The molecule has 1 aliphatic carbocycles. The third-order valence-electron chi connectivity index (χ3n) is 4.03. The van der Waals surface area contributed by atoms with E-state index in [2.05, 4.69) is 12.2 Å². The number of rotatable bonds is 7. The Morgan fingerprint density at radius 2 is 2.00 bits per heavy atom. The molecular weight excluding hydrogens is 260 g/mol. The highest BCUT2D eigenvalue weighted by atomic mass is 19.2. The van der Waals surface area contributed by atoms with E-state index in [0.717, 1.165) is 25.0 Å². The topological polar surface area (TPSA) is 32.3 Å². The van der Waals surface area contributed by atoms with Crippen LogP contribution in [0.25, 0.3) is 0 Å². The van der Waals surface area contributed by atoms with Crippen molar-refractivity contribution in [1.82, 2.24) is 5.32 Å². The summed E-state index contributed by atoms with van der Waals surface area (Å²) in [5.74, 6) is -1.10. The zero-order chi connectivity index (χ0) is 14.7. The van der Waals surface area contributed by atoms with Crippen molar-refractivity contribution in [3.8, 4) is 0 Å². The SMILES string of the molecule is CCCC(NC(C)C(O)c1ccc(F)c(F)c1)C1CC1. The Morgan fingerprint density at radius 3 is 2.55 bits per heavy atom. The van der Waals surface area contributed by atoms with Gasteiger partial charge in [-0.25, -0.2) is 8.78 Å². The highest BCUT2D eigenvalue weighted by molar-refractivity contribution is 5.21. The first-order valence-electron chi connectivity index (χ1n) is 7.42. The molecule has 0 amide bonds. The van der Waals surface area contributed by atoms with Gasteiger partial charge in [-0.2, -0.15) is 0 Å². The number of aliphatic hydroxyl groups is 1. The van der Waals surface area contributed by atoms with Crippen molar-refractivity contribution < 1.29 is 13.9 Å². The maximum Gasteiger partial charge on any atom is 0.159 e. The summed E-state index contributed by atoms with van der Waals surface area (Å²) in [5, 5.41) is 13.7. The minimum Gasteiger partial charge on any atom is -0.387 e. The average Bonchev–Trinajstić information content (AvgIpc) is 3.25. The van der Waals surface area contributed by atoms with E-state index in [4.69, 9.17) is 0 Å². The van der Waals surface area contributed by atoms with Crippen LogP contribution in [0.5, 0.6) is 0 Å². The first-order valence-corrected chi connectivity index (χ1v) is 7.42. The molecule has 2 nitrogen and oxygen atoms in total. The molecule has 0 bridgehead atoms. The molecule has 1 aromatic carbocycles. The van der Waals surface area contributed by atoms with Gasteiger partial charge in [0.15, 0.2) is 11.6 Å². The van der Waals surface area contributed by atoms with E-state index in [0.29, 0.717) is 17.5 Å². The van der Waals surface area contributed by atoms with Gasteiger partial charge in [-0.1, -0.05) is 19.4 Å². The van der Waals surface area contributed by atoms with E-state index in [9.17, 15) is 13.9 Å². The molecule has 20 heavy (non-hydrogen) atoms. The molecule has 0 aliphatic heterocycles. The van der Waals surface area contributed by atoms with Crippen LogP contribution in [-0.4, -0.2) is 17.2 Å². The normalized spacial score (nSPS) is 19.6. The molecular formula is C16H23F2NO. The minimum absolute atomic E-state index is 0.183. The van der Waals surface area contributed by atoms with E-state index < -0.39 is 17.7 Å². The summed E-state index contributed by atoms with van der Waals surface area (Å²) in [4.78, 5) is 0. The van der Waals surface area contributed by atoms with Gasteiger partial charge in [-0.15, -0.1) is 0 Å². The van der Waals surface area contributed by atoms with E-state index >= 15 is 0 Å². The third kappa shape index (κ3) is 3.76. The smallest absolute Gasteiger partial charge is 0.159 e. The molecule has 2 rings (SSSR count). The molecule has 3 unspecified atom stereocenters. The zero-order valence-corrected chi connectivity index (χ0v) is 12.1. The van der Waals surface area contributed by atoms with Crippen molar-refractivity contribution in [2.24, 2.45) is 5.92 Å².